The molecule has 1 aliphatic heterocycles. The third-order valence-electron chi connectivity index (χ3n) is 5.56. The molecule has 7 nitrogen and oxygen atoms in total. The van der Waals surface area contributed by atoms with Gasteiger partial charge in [0, 0.05) is 36.8 Å². The molecule has 0 bridgehead atoms. The minimum Gasteiger partial charge on any atom is -0.348 e. The fraction of sp³-hybridized carbons (Fsp3) is 0.417. The van der Waals surface area contributed by atoms with Crippen molar-refractivity contribution in [3.05, 3.63) is 59.2 Å². The molecule has 2 aromatic rings. The first-order chi connectivity index (χ1) is 15.2. The Labute approximate surface area is 190 Å². The monoisotopic (exact) mass is 457 g/mol. The van der Waals surface area contributed by atoms with Crippen molar-refractivity contribution in [2.24, 2.45) is 5.92 Å². The van der Waals surface area contributed by atoms with Crippen LogP contribution in [0.1, 0.15) is 54.6 Å². The molecule has 3 rings (SSSR count). The van der Waals surface area contributed by atoms with E-state index in [-0.39, 0.29) is 29.2 Å². The molecule has 0 saturated carbocycles. The lowest BCUT2D eigenvalue weighted by Gasteiger charge is -2.26. The number of carbonyl (C=O) groups excluding carboxylic acids is 2. The maximum Gasteiger partial charge on any atom is 0.251 e. The molecule has 172 valence electrons. The van der Waals surface area contributed by atoms with Gasteiger partial charge in [-0.3, -0.25) is 9.59 Å². The van der Waals surface area contributed by atoms with Gasteiger partial charge >= 0.3 is 0 Å². The first kappa shape index (κ1) is 23.9. The smallest absolute Gasteiger partial charge is 0.251 e. The second-order valence-corrected chi connectivity index (χ2v) is 10.4. The molecule has 1 aliphatic rings. The van der Waals surface area contributed by atoms with Crippen molar-refractivity contribution in [2.75, 3.05) is 18.4 Å². The Morgan fingerprint density at radius 3 is 2.44 bits per heavy atom. The number of sulfonamides is 1. The Kier molecular flexibility index (Phi) is 7.69. The fourth-order valence-electron chi connectivity index (χ4n) is 3.59. The van der Waals surface area contributed by atoms with Crippen LogP contribution in [0.4, 0.5) is 5.69 Å². The van der Waals surface area contributed by atoms with Crippen LogP contribution in [0.2, 0.25) is 0 Å². The zero-order chi connectivity index (χ0) is 23.3. The normalized spacial score (nSPS) is 14.9. The van der Waals surface area contributed by atoms with Crippen LogP contribution < -0.4 is 10.6 Å². The van der Waals surface area contributed by atoms with Crippen LogP contribution in [-0.4, -0.2) is 37.6 Å². The number of aryl methyl sites for hydroxylation is 1. The third kappa shape index (κ3) is 5.75. The van der Waals surface area contributed by atoms with Crippen molar-refractivity contribution in [3.63, 3.8) is 0 Å². The van der Waals surface area contributed by atoms with Crippen molar-refractivity contribution in [2.45, 2.75) is 51.5 Å². The van der Waals surface area contributed by atoms with E-state index >= 15 is 0 Å². The summed E-state index contributed by atoms with van der Waals surface area (Å²) < 4.78 is 27.7. The lowest BCUT2D eigenvalue weighted by Crippen LogP contribution is -2.36. The van der Waals surface area contributed by atoms with Crippen LogP contribution in [0.15, 0.2) is 47.4 Å². The topological polar surface area (TPSA) is 95.6 Å². The average Bonchev–Trinajstić information content (AvgIpc) is 2.78. The highest BCUT2D eigenvalue weighted by Crippen LogP contribution is 2.24. The van der Waals surface area contributed by atoms with E-state index in [0.29, 0.717) is 29.9 Å². The van der Waals surface area contributed by atoms with Gasteiger partial charge in [-0.25, -0.2) is 8.42 Å². The average molecular weight is 458 g/mol. The number of rotatable bonds is 7. The number of nitrogens with one attached hydrogen (secondary N) is 2. The Balaban J connectivity index is 1.71. The van der Waals surface area contributed by atoms with Gasteiger partial charge in [-0.15, -0.1) is 0 Å². The summed E-state index contributed by atoms with van der Waals surface area (Å²) in [5.41, 5.74) is 2.42. The highest BCUT2D eigenvalue weighted by Gasteiger charge is 2.28. The van der Waals surface area contributed by atoms with Gasteiger partial charge in [0.05, 0.1) is 4.90 Å². The Bertz CT molecular complexity index is 1090. The molecule has 0 radical (unpaired) electrons. The van der Waals surface area contributed by atoms with Crippen molar-refractivity contribution in [3.8, 4) is 0 Å². The molecule has 1 saturated heterocycles. The Hall–Kier alpha value is -2.71. The van der Waals surface area contributed by atoms with Gasteiger partial charge in [0.2, 0.25) is 15.9 Å². The van der Waals surface area contributed by atoms with Crippen LogP contribution in [0, 0.1) is 12.8 Å². The predicted octanol–water partition coefficient (Wildman–Crippen LogP) is 3.69. The van der Waals surface area contributed by atoms with Gasteiger partial charge in [-0.1, -0.05) is 38.5 Å². The van der Waals surface area contributed by atoms with E-state index in [2.05, 4.69) is 10.6 Å². The predicted molar refractivity (Wildman–Crippen MR) is 125 cm³/mol. The molecular weight excluding hydrogens is 426 g/mol. The van der Waals surface area contributed by atoms with Gasteiger partial charge in [0.25, 0.3) is 5.91 Å². The van der Waals surface area contributed by atoms with E-state index in [9.17, 15) is 18.0 Å². The highest BCUT2D eigenvalue weighted by atomic mass is 32.2. The summed E-state index contributed by atoms with van der Waals surface area (Å²) in [5, 5.41) is 5.68. The van der Waals surface area contributed by atoms with E-state index < -0.39 is 10.0 Å². The van der Waals surface area contributed by atoms with E-state index in [1.807, 2.05) is 32.0 Å². The van der Waals surface area contributed by atoms with E-state index in [1.54, 1.807) is 25.1 Å². The molecule has 8 heteroatoms. The molecule has 0 aliphatic carbocycles. The summed E-state index contributed by atoms with van der Waals surface area (Å²) in [4.78, 5) is 24.8. The number of anilines is 1. The van der Waals surface area contributed by atoms with Crippen molar-refractivity contribution in [1.82, 2.24) is 9.62 Å². The van der Waals surface area contributed by atoms with E-state index in [4.69, 9.17) is 0 Å². The van der Waals surface area contributed by atoms with Gasteiger partial charge < -0.3 is 10.6 Å². The number of piperidine rings is 1. The molecular formula is C24H31N3O4S. The Morgan fingerprint density at radius 2 is 1.75 bits per heavy atom. The molecule has 2 aromatic carbocycles. The molecule has 32 heavy (non-hydrogen) atoms. The molecule has 1 fully saturated rings. The van der Waals surface area contributed by atoms with Crippen LogP contribution in [-0.2, 0) is 21.4 Å². The van der Waals surface area contributed by atoms with Crippen molar-refractivity contribution >= 4 is 27.5 Å². The van der Waals surface area contributed by atoms with Crippen LogP contribution >= 0.6 is 0 Å². The van der Waals surface area contributed by atoms with Crippen molar-refractivity contribution in [1.29, 1.82) is 0 Å². The third-order valence-corrected chi connectivity index (χ3v) is 7.60. The van der Waals surface area contributed by atoms with Gasteiger partial charge in [-0.05, 0) is 55.2 Å². The number of benzene rings is 2. The minimum atomic E-state index is -3.63. The minimum absolute atomic E-state index is 0.0757. The SMILES string of the molecule is Cc1ccc(C(=O)NCc2cccc(NC(=O)C(C)C)c2)cc1S(=O)(=O)N1CCCCC1. The second kappa shape index (κ2) is 10.3. The summed E-state index contributed by atoms with van der Waals surface area (Å²) in [7, 11) is -3.63. The maximum atomic E-state index is 13.1. The molecule has 1 heterocycles. The highest BCUT2D eigenvalue weighted by molar-refractivity contribution is 7.89. The molecule has 2 N–H and O–H groups in total. The number of hydrogen-bond acceptors (Lipinski definition) is 4. The van der Waals surface area contributed by atoms with Gasteiger partial charge in [0.15, 0.2) is 0 Å². The van der Waals surface area contributed by atoms with Gasteiger partial charge in [-0.2, -0.15) is 4.31 Å². The quantitative estimate of drug-likeness (QED) is 0.663. The van der Waals surface area contributed by atoms with Crippen molar-refractivity contribution < 1.29 is 18.0 Å². The van der Waals surface area contributed by atoms with E-state index in [0.717, 1.165) is 24.8 Å². The number of amides is 2. The second-order valence-electron chi connectivity index (χ2n) is 8.47. The summed E-state index contributed by atoms with van der Waals surface area (Å²) >= 11 is 0. The number of nitrogens with zero attached hydrogens (tertiary/aromatic N) is 1. The number of hydrogen-bond donors (Lipinski definition) is 2. The Morgan fingerprint density at radius 1 is 1.03 bits per heavy atom. The van der Waals surface area contributed by atoms with Crippen LogP contribution in [0.3, 0.4) is 0 Å². The fourth-order valence-corrected chi connectivity index (χ4v) is 5.36. The first-order valence-electron chi connectivity index (χ1n) is 11.0. The largest absolute Gasteiger partial charge is 0.348 e. The summed E-state index contributed by atoms with van der Waals surface area (Å²) in [5.74, 6) is -0.555. The summed E-state index contributed by atoms with van der Waals surface area (Å²) in [6.45, 7) is 6.67. The maximum absolute atomic E-state index is 13.1. The zero-order valence-corrected chi connectivity index (χ0v) is 19.7. The van der Waals surface area contributed by atoms with Crippen LogP contribution in [0.25, 0.3) is 0 Å². The summed E-state index contributed by atoms with van der Waals surface area (Å²) in [6, 6.07) is 12.0. The molecule has 0 atom stereocenters. The van der Waals surface area contributed by atoms with E-state index in [1.165, 1.54) is 10.4 Å². The first-order valence-corrected chi connectivity index (χ1v) is 12.4. The van der Waals surface area contributed by atoms with Crippen LogP contribution in [0.5, 0.6) is 0 Å². The standard InChI is InChI=1S/C24H31N3O4S/c1-17(2)23(28)26-21-9-7-8-19(14-21)16-25-24(29)20-11-10-18(3)22(15-20)32(30,31)27-12-5-4-6-13-27/h7-11,14-15,17H,4-6,12-13,16H2,1-3H3,(H,25,29)(H,26,28). The van der Waals surface area contributed by atoms with Gasteiger partial charge in [0.1, 0.15) is 0 Å². The molecule has 0 spiro atoms. The lowest BCUT2D eigenvalue weighted by molar-refractivity contribution is -0.118. The molecule has 0 aromatic heterocycles. The number of carbonyl (C=O) groups is 2. The zero-order valence-electron chi connectivity index (χ0n) is 18.8. The lowest BCUT2D eigenvalue weighted by atomic mass is 10.1. The molecule has 2 amide bonds. The molecule has 0 unspecified atom stereocenters. The summed E-state index contributed by atoms with van der Waals surface area (Å²) in [6.07, 6.45) is 2.75.